The second-order valence-electron chi connectivity index (χ2n) is 5.17. The summed E-state index contributed by atoms with van der Waals surface area (Å²) in [5.74, 6) is -0.159. The number of nitrogens with zero attached hydrogens (tertiary/aromatic N) is 2. The van der Waals surface area contributed by atoms with Gasteiger partial charge in [0.1, 0.15) is 18.8 Å². The number of rotatable bonds is 7. The molecule has 1 amide bonds. The van der Waals surface area contributed by atoms with Crippen molar-refractivity contribution >= 4 is 18.1 Å². The molecule has 7 nitrogen and oxygen atoms in total. The van der Waals surface area contributed by atoms with Gasteiger partial charge < -0.3 is 9.47 Å². The van der Waals surface area contributed by atoms with Crippen LogP contribution in [0.3, 0.4) is 0 Å². The zero-order valence-electron chi connectivity index (χ0n) is 14.1. The molecule has 0 atom stereocenters. The summed E-state index contributed by atoms with van der Waals surface area (Å²) in [4.78, 5) is 22.5. The van der Waals surface area contributed by atoms with Crippen molar-refractivity contribution in [1.29, 1.82) is 5.26 Å². The van der Waals surface area contributed by atoms with E-state index in [0.29, 0.717) is 17.9 Å². The molecule has 0 aliphatic rings. The highest BCUT2D eigenvalue weighted by Gasteiger charge is 2.04. The van der Waals surface area contributed by atoms with Gasteiger partial charge in [0.05, 0.1) is 25.0 Å². The Morgan fingerprint density at radius 1 is 1.15 bits per heavy atom. The topological polar surface area (TPSA) is 101 Å². The van der Waals surface area contributed by atoms with Crippen LogP contribution in [0.2, 0.25) is 0 Å². The molecule has 0 saturated carbocycles. The molecule has 2 rings (SSSR count). The monoisotopic (exact) mass is 351 g/mol. The lowest BCUT2D eigenvalue weighted by Crippen LogP contribution is -2.16. The Hall–Kier alpha value is -3.66. The molecule has 0 spiro atoms. The smallest absolute Gasteiger partial charge is 0.337 e. The van der Waals surface area contributed by atoms with Gasteiger partial charge in [-0.25, -0.2) is 10.2 Å². The largest absolute Gasteiger partial charge is 0.489 e. The highest BCUT2D eigenvalue weighted by molar-refractivity contribution is 5.89. The van der Waals surface area contributed by atoms with Gasteiger partial charge in [-0.2, -0.15) is 10.4 Å². The lowest BCUT2D eigenvalue weighted by molar-refractivity contribution is -0.120. The average Bonchev–Trinajstić information content (AvgIpc) is 2.67. The summed E-state index contributed by atoms with van der Waals surface area (Å²) in [6.07, 6.45) is 1.25. The number of methoxy groups -OCH3 is 1. The predicted molar refractivity (Wildman–Crippen MR) is 94.5 cm³/mol. The summed E-state index contributed by atoms with van der Waals surface area (Å²) >= 11 is 0. The number of amides is 1. The first-order chi connectivity index (χ1) is 12.6. The molecule has 0 fully saturated rings. The fourth-order valence-corrected chi connectivity index (χ4v) is 1.96. The molecule has 0 saturated heterocycles. The van der Waals surface area contributed by atoms with Gasteiger partial charge in [0.15, 0.2) is 0 Å². The minimum Gasteiger partial charge on any atom is -0.489 e. The summed E-state index contributed by atoms with van der Waals surface area (Å²) in [6, 6.07) is 15.8. The Labute approximate surface area is 150 Å². The first-order valence-electron chi connectivity index (χ1n) is 7.71. The SMILES string of the molecule is COC(=O)c1ccc(COc2ccc(/C=N/NC(=O)CC#N)cc2)cc1. The van der Waals surface area contributed by atoms with E-state index >= 15 is 0 Å². The molecule has 0 heterocycles. The summed E-state index contributed by atoms with van der Waals surface area (Å²) in [5.41, 5.74) is 4.44. The molecule has 0 bridgehead atoms. The van der Waals surface area contributed by atoms with Crippen LogP contribution < -0.4 is 10.2 Å². The normalized spacial score (nSPS) is 10.2. The van der Waals surface area contributed by atoms with Crippen molar-refractivity contribution in [2.45, 2.75) is 13.0 Å². The number of benzene rings is 2. The first kappa shape index (κ1) is 18.7. The summed E-state index contributed by atoms with van der Waals surface area (Å²) < 4.78 is 10.3. The van der Waals surface area contributed by atoms with Crippen molar-refractivity contribution in [2.24, 2.45) is 5.10 Å². The van der Waals surface area contributed by atoms with Crippen LogP contribution in [0.5, 0.6) is 5.75 Å². The van der Waals surface area contributed by atoms with E-state index < -0.39 is 5.91 Å². The van der Waals surface area contributed by atoms with Crippen molar-refractivity contribution in [3.8, 4) is 11.8 Å². The van der Waals surface area contributed by atoms with Crippen molar-refractivity contribution in [1.82, 2.24) is 5.43 Å². The van der Waals surface area contributed by atoms with E-state index in [0.717, 1.165) is 11.1 Å². The summed E-state index contributed by atoms with van der Waals surface area (Å²) in [7, 11) is 1.34. The number of esters is 1. The summed E-state index contributed by atoms with van der Waals surface area (Å²) in [6.45, 7) is 0.360. The molecule has 132 valence electrons. The van der Waals surface area contributed by atoms with Gasteiger partial charge in [0.25, 0.3) is 5.91 Å². The number of nitrogens with one attached hydrogen (secondary N) is 1. The lowest BCUT2D eigenvalue weighted by Gasteiger charge is -2.07. The maximum Gasteiger partial charge on any atom is 0.337 e. The Bertz CT molecular complexity index is 821. The maximum atomic E-state index is 11.4. The Balaban J connectivity index is 1.85. The van der Waals surface area contributed by atoms with Gasteiger partial charge in [-0.3, -0.25) is 4.79 Å². The lowest BCUT2D eigenvalue weighted by atomic mass is 10.1. The van der Waals surface area contributed by atoms with Crippen molar-refractivity contribution < 1.29 is 19.1 Å². The van der Waals surface area contributed by atoms with Gasteiger partial charge in [-0.1, -0.05) is 12.1 Å². The highest BCUT2D eigenvalue weighted by Crippen LogP contribution is 2.14. The van der Waals surface area contributed by atoms with E-state index in [4.69, 9.17) is 10.00 Å². The standard InChI is InChI=1S/C19H17N3O4/c1-25-19(24)16-6-2-15(3-7-16)13-26-17-8-4-14(5-9-17)12-21-22-18(23)10-11-20/h2-9,12H,10,13H2,1H3,(H,22,23)/b21-12+. The van der Waals surface area contributed by atoms with Crippen LogP contribution in [0, 0.1) is 11.3 Å². The average molecular weight is 351 g/mol. The minimum atomic E-state index is -0.457. The quantitative estimate of drug-likeness (QED) is 0.469. The number of carbonyl (C=O) groups excluding carboxylic acids is 2. The Morgan fingerprint density at radius 2 is 1.85 bits per heavy atom. The molecule has 2 aromatic rings. The van der Waals surface area contributed by atoms with Crippen molar-refractivity contribution in [3.05, 3.63) is 65.2 Å². The van der Waals surface area contributed by atoms with Gasteiger partial charge in [-0.05, 0) is 47.5 Å². The minimum absolute atomic E-state index is 0.231. The molecule has 0 radical (unpaired) electrons. The van der Waals surface area contributed by atoms with E-state index in [2.05, 4.69) is 15.3 Å². The fourth-order valence-electron chi connectivity index (χ4n) is 1.96. The Kier molecular flexibility index (Phi) is 6.89. The van der Waals surface area contributed by atoms with Crippen LogP contribution in [0.15, 0.2) is 53.6 Å². The molecule has 2 aromatic carbocycles. The number of hydrogen-bond donors (Lipinski definition) is 1. The maximum absolute atomic E-state index is 11.4. The number of carbonyl (C=O) groups is 2. The molecule has 26 heavy (non-hydrogen) atoms. The molecule has 7 heteroatoms. The van der Waals surface area contributed by atoms with Gasteiger partial charge in [0, 0.05) is 0 Å². The third kappa shape index (κ3) is 5.76. The van der Waals surface area contributed by atoms with Crippen LogP contribution in [0.4, 0.5) is 0 Å². The van der Waals surface area contributed by atoms with E-state index in [1.807, 2.05) is 0 Å². The molecule has 0 aromatic heterocycles. The molecule has 0 unspecified atom stereocenters. The van der Waals surface area contributed by atoms with Gasteiger partial charge in [0.2, 0.25) is 0 Å². The van der Waals surface area contributed by atoms with Crippen LogP contribution in [-0.4, -0.2) is 25.2 Å². The van der Waals surface area contributed by atoms with Gasteiger partial charge in [-0.15, -0.1) is 0 Å². The zero-order chi connectivity index (χ0) is 18.8. The van der Waals surface area contributed by atoms with Gasteiger partial charge >= 0.3 is 5.97 Å². The summed E-state index contributed by atoms with van der Waals surface area (Å²) in [5, 5.41) is 12.1. The molecule has 0 aliphatic carbocycles. The highest BCUT2D eigenvalue weighted by atomic mass is 16.5. The second-order valence-corrected chi connectivity index (χ2v) is 5.17. The van der Waals surface area contributed by atoms with Crippen molar-refractivity contribution in [2.75, 3.05) is 7.11 Å². The molecular weight excluding hydrogens is 334 g/mol. The van der Waals surface area contributed by atoms with E-state index in [9.17, 15) is 9.59 Å². The third-order valence-corrected chi connectivity index (χ3v) is 3.30. The molecule has 1 N–H and O–H groups in total. The van der Waals surface area contributed by atoms with Crippen LogP contribution in [-0.2, 0) is 16.1 Å². The Morgan fingerprint density at radius 3 is 2.46 bits per heavy atom. The van der Waals surface area contributed by atoms with E-state index in [-0.39, 0.29) is 12.4 Å². The van der Waals surface area contributed by atoms with Crippen LogP contribution in [0.25, 0.3) is 0 Å². The van der Waals surface area contributed by atoms with E-state index in [1.54, 1.807) is 54.6 Å². The van der Waals surface area contributed by atoms with E-state index in [1.165, 1.54) is 13.3 Å². The first-order valence-corrected chi connectivity index (χ1v) is 7.71. The third-order valence-electron chi connectivity index (χ3n) is 3.30. The van der Waals surface area contributed by atoms with Crippen molar-refractivity contribution in [3.63, 3.8) is 0 Å². The number of hydrazone groups is 1. The zero-order valence-corrected chi connectivity index (χ0v) is 14.1. The number of hydrogen-bond acceptors (Lipinski definition) is 6. The molecule has 0 aliphatic heterocycles. The second kappa shape index (κ2) is 9.59. The van der Waals surface area contributed by atoms with Crippen LogP contribution in [0.1, 0.15) is 27.9 Å². The predicted octanol–water partition coefficient (Wildman–Crippen LogP) is 2.42. The number of ether oxygens (including phenoxy) is 2. The van der Waals surface area contributed by atoms with Crippen LogP contribution >= 0.6 is 0 Å². The molecular formula is C19H17N3O4. The fraction of sp³-hybridized carbons (Fsp3) is 0.158. The number of nitriles is 1.